The monoisotopic (exact) mass is 479 g/mol. The summed E-state index contributed by atoms with van der Waals surface area (Å²) in [5.74, 6) is 0.797. The van der Waals surface area contributed by atoms with Crippen molar-refractivity contribution in [2.75, 3.05) is 13.1 Å². The summed E-state index contributed by atoms with van der Waals surface area (Å²) in [5.41, 5.74) is 0. The molecule has 0 fully saturated rings. The molecule has 0 saturated heterocycles. The van der Waals surface area contributed by atoms with Crippen LogP contribution in [0.4, 0.5) is 0 Å². The lowest BCUT2D eigenvalue weighted by molar-refractivity contribution is -0.137. The summed E-state index contributed by atoms with van der Waals surface area (Å²) in [6.45, 7) is 4.17. The number of amides is 1. The maximum atomic E-state index is 12.4. The second-order valence-corrected chi connectivity index (χ2v) is 5.97. The highest BCUT2D eigenvalue weighted by Gasteiger charge is 2.17. The second-order valence-electron chi connectivity index (χ2n) is 5.69. The highest BCUT2D eigenvalue weighted by molar-refractivity contribution is 7.51. The highest BCUT2D eigenvalue weighted by atomic mass is 32.1. The molecule has 0 saturated carbocycles. The SMILES string of the molecule is Cc1nnc(CCN(CCc2nnc(C)o2)C(=O)CCCC(=O)O)o1.O=S=O.O=S=O. The zero-order valence-corrected chi connectivity index (χ0v) is 18.3. The van der Waals surface area contributed by atoms with Gasteiger partial charge in [-0.05, 0) is 6.42 Å². The van der Waals surface area contributed by atoms with Gasteiger partial charge in [0.15, 0.2) is 0 Å². The van der Waals surface area contributed by atoms with Crippen LogP contribution in [0.15, 0.2) is 8.83 Å². The van der Waals surface area contributed by atoms with E-state index in [9.17, 15) is 9.59 Å². The predicted octanol–water partition coefficient (Wildman–Crippen LogP) is -0.402. The molecule has 1 amide bonds. The van der Waals surface area contributed by atoms with Crippen LogP contribution in [0.25, 0.3) is 0 Å². The number of carbonyl (C=O) groups excluding carboxylic acids is 1. The molecule has 0 aliphatic carbocycles. The largest absolute Gasteiger partial charge is 0.481 e. The van der Waals surface area contributed by atoms with Crippen LogP contribution in [0.1, 0.15) is 42.8 Å². The minimum Gasteiger partial charge on any atom is -0.481 e. The highest BCUT2D eigenvalue weighted by Crippen LogP contribution is 2.07. The van der Waals surface area contributed by atoms with Crippen LogP contribution in [0, 0.1) is 13.8 Å². The van der Waals surface area contributed by atoms with Gasteiger partial charge in [0.2, 0.25) is 29.5 Å². The van der Waals surface area contributed by atoms with Gasteiger partial charge in [-0.3, -0.25) is 9.59 Å². The van der Waals surface area contributed by atoms with Crippen LogP contribution in [-0.2, 0) is 45.6 Å². The Morgan fingerprint density at radius 2 is 1.26 bits per heavy atom. The van der Waals surface area contributed by atoms with Crippen LogP contribution in [0.2, 0.25) is 0 Å². The Morgan fingerprint density at radius 1 is 0.839 bits per heavy atom. The lowest BCUT2D eigenvalue weighted by atomic mass is 10.2. The third-order valence-electron chi connectivity index (χ3n) is 3.46. The van der Waals surface area contributed by atoms with E-state index in [2.05, 4.69) is 20.4 Å². The number of rotatable bonds is 10. The molecular weight excluding hydrogens is 458 g/mol. The molecule has 31 heavy (non-hydrogen) atoms. The van der Waals surface area contributed by atoms with E-state index in [0.29, 0.717) is 55.9 Å². The van der Waals surface area contributed by atoms with Crippen LogP contribution in [0.5, 0.6) is 0 Å². The number of carboxylic acid groups (broad SMARTS) is 1. The minimum atomic E-state index is -0.915. The normalized spacial score (nSPS) is 9.48. The molecule has 172 valence electrons. The van der Waals surface area contributed by atoms with E-state index in [1.165, 1.54) is 0 Å². The fourth-order valence-electron chi connectivity index (χ4n) is 2.25. The molecule has 0 spiro atoms. The number of aliphatic carboxylic acids is 1. The standard InChI is InChI=1S/C15H21N5O5.2O2S/c1-10-16-18-12(24-10)6-8-20(14(21)4-3-5-15(22)23)9-7-13-19-17-11(2)25-13;2*1-3-2/h3-9H2,1-2H3,(H,22,23);;. The fourth-order valence-corrected chi connectivity index (χ4v) is 2.25. The minimum absolute atomic E-state index is 0.0364. The summed E-state index contributed by atoms with van der Waals surface area (Å²) in [5, 5.41) is 24.0. The van der Waals surface area contributed by atoms with Gasteiger partial charge in [0.25, 0.3) is 0 Å². The third kappa shape index (κ3) is 13.7. The number of aromatic nitrogens is 4. The van der Waals surface area contributed by atoms with Crippen molar-refractivity contribution in [2.24, 2.45) is 0 Å². The van der Waals surface area contributed by atoms with Crippen molar-refractivity contribution in [3.05, 3.63) is 23.6 Å². The Labute approximate surface area is 183 Å². The molecule has 0 aliphatic rings. The summed E-state index contributed by atoms with van der Waals surface area (Å²) >= 11 is -1.50. The van der Waals surface area contributed by atoms with Gasteiger partial charge in [-0.25, -0.2) is 0 Å². The molecule has 2 aromatic heterocycles. The van der Waals surface area contributed by atoms with Gasteiger partial charge in [-0.15, -0.1) is 20.4 Å². The van der Waals surface area contributed by atoms with Crippen molar-refractivity contribution in [3.63, 3.8) is 0 Å². The zero-order chi connectivity index (χ0) is 23.6. The number of hydrogen-bond donors (Lipinski definition) is 1. The van der Waals surface area contributed by atoms with Gasteiger partial charge in [0.05, 0.1) is 0 Å². The van der Waals surface area contributed by atoms with Crippen molar-refractivity contribution >= 4 is 35.0 Å². The van der Waals surface area contributed by atoms with Gasteiger partial charge < -0.3 is 18.8 Å². The maximum Gasteiger partial charge on any atom is 0.335 e. The van der Waals surface area contributed by atoms with Gasteiger partial charge in [0, 0.05) is 52.6 Å². The number of carbonyl (C=O) groups is 2. The first-order valence-electron chi connectivity index (χ1n) is 8.68. The van der Waals surface area contributed by atoms with Crippen molar-refractivity contribution in [3.8, 4) is 0 Å². The van der Waals surface area contributed by atoms with Gasteiger partial charge in [-0.2, -0.15) is 16.8 Å². The summed E-state index contributed by atoms with van der Waals surface area (Å²) in [6, 6.07) is 0. The Morgan fingerprint density at radius 3 is 1.58 bits per heavy atom. The average Bonchev–Trinajstić information content (AvgIpc) is 3.30. The Bertz CT molecular complexity index is 833. The van der Waals surface area contributed by atoms with Crippen LogP contribution >= 0.6 is 0 Å². The van der Waals surface area contributed by atoms with Crippen LogP contribution in [0.3, 0.4) is 0 Å². The molecule has 14 nitrogen and oxygen atoms in total. The number of carboxylic acids is 1. The Hall–Kier alpha value is -3.14. The smallest absolute Gasteiger partial charge is 0.335 e. The summed E-state index contributed by atoms with van der Waals surface area (Å²) in [7, 11) is 0. The Balaban J connectivity index is 0.00000134. The lowest BCUT2D eigenvalue weighted by Crippen LogP contribution is -2.34. The van der Waals surface area contributed by atoms with E-state index in [1.807, 2.05) is 0 Å². The van der Waals surface area contributed by atoms with Crippen molar-refractivity contribution in [1.82, 2.24) is 25.3 Å². The molecule has 1 N–H and O–H groups in total. The van der Waals surface area contributed by atoms with Crippen molar-refractivity contribution in [1.29, 1.82) is 0 Å². The molecule has 0 bridgehead atoms. The van der Waals surface area contributed by atoms with Crippen molar-refractivity contribution < 1.29 is 40.4 Å². The van der Waals surface area contributed by atoms with Gasteiger partial charge >= 0.3 is 29.1 Å². The van der Waals surface area contributed by atoms with Crippen LogP contribution in [-0.4, -0.2) is 72.2 Å². The molecule has 16 heteroatoms. The van der Waals surface area contributed by atoms with E-state index >= 15 is 0 Å². The maximum absolute atomic E-state index is 12.4. The summed E-state index contributed by atoms with van der Waals surface area (Å²) < 4.78 is 43.8. The molecule has 2 heterocycles. The molecule has 0 radical (unpaired) electrons. The van der Waals surface area contributed by atoms with E-state index in [-0.39, 0.29) is 18.7 Å². The second kappa shape index (κ2) is 16.6. The third-order valence-corrected chi connectivity index (χ3v) is 3.46. The zero-order valence-electron chi connectivity index (χ0n) is 16.7. The van der Waals surface area contributed by atoms with Gasteiger partial charge in [-0.1, -0.05) is 0 Å². The molecule has 0 unspecified atom stereocenters. The molecule has 2 rings (SSSR count). The molecule has 0 aromatic carbocycles. The summed E-state index contributed by atoms with van der Waals surface area (Å²) in [4.78, 5) is 24.6. The molecular formula is C15H21N5O9S2. The van der Waals surface area contributed by atoms with E-state index in [0.717, 1.165) is 0 Å². The quantitative estimate of drug-likeness (QED) is 0.461. The van der Waals surface area contributed by atoms with Crippen molar-refractivity contribution in [2.45, 2.75) is 46.0 Å². The first-order chi connectivity index (χ1) is 14.8. The first kappa shape index (κ1) is 27.9. The van der Waals surface area contributed by atoms with Gasteiger partial charge in [0.1, 0.15) is 0 Å². The average molecular weight is 479 g/mol. The Kier molecular flexibility index (Phi) is 15.0. The number of nitrogens with zero attached hydrogens (tertiary/aromatic N) is 5. The summed E-state index contributed by atoms with van der Waals surface area (Å²) in [6.07, 6.45) is 1.27. The number of hydrogen-bond acceptors (Lipinski definition) is 12. The molecule has 2 aromatic rings. The lowest BCUT2D eigenvalue weighted by Gasteiger charge is -2.21. The topological polar surface area (TPSA) is 204 Å². The molecule has 0 aliphatic heterocycles. The van der Waals surface area contributed by atoms with E-state index in [1.54, 1.807) is 18.7 Å². The predicted molar refractivity (Wildman–Crippen MR) is 101 cm³/mol. The number of aryl methyl sites for hydroxylation is 2. The first-order valence-corrected chi connectivity index (χ1v) is 10.0. The molecule has 0 atom stereocenters. The fraction of sp³-hybridized carbons (Fsp3) is 0.600. The van der Waals surface area contributed by atoms with E-state index in [4.69, 9.17) is 30.8 Å². The van der Waals surface area contributed by atoms with E-state index < -0.39 is 29.1 Å². The van der Waals surface area contributed by atoms with Crippen LogP contribution < -0.4 is 0 Å².